The maximum Gasteiger partial charge on any atom is 0.132 e. The lowest BCUT2D eigenvalue weighted by Crippen LogP contribution is -2.26. The summed E-state index contributed by atoms with van der Waals surface area (Å²) in [6, 6.07) is 40.3. The molecular weight excluding hydrogens is 1440 g/mol. The quantitative estimate of drug-likeness (QED) is 0.0703. The molecule has 3 aliphatic rings. The molecule has 3 aliphatic carbocycles. The molecule has 0 saturated carbocycles. The third-order valence-electron chi connectivity index (χ3n) is 22.8. The van der Waals surface area contributed by atoms with Crippen LogP contribution in [0.25, 0.3) is 97.8 Å². The highest BCUT2D eigenvalue weighted by Gasteiger charge is 2.34. The van der Waals surface area contributed by atoms with Crippen LogP contribution in [-0.4, -0.2) is 64.8 Å². The minimum atomic E-state index is 0.161. The maximum atomic E-state index is 4.88. The first-order valence-electron chi connectivity index (χ1n) is 42.4. The molecule has 6 aromatic carbocycles. The molecule has 0 radical (unpaired) electrons. The number of aromatic amines is 6. The zero-order valence-corrected chi connectivity index (χ0v) is 74.5. The second kappa shape index (κ2) is 33.9. The molecule has 13 nitrogen and oxygen atoms in total. The topological polar surface area (TPSA) is 185 Å². The molecule has 9 heterocycles. The van der Waals surface area contributed by atoms with Crippen molar-refractivity contribution in [2.45, 2.75) is 289 Å². The number of rotatable bonds is 12. The Kier molecular flexibility index (Phi) is 24.6. The van der Waals surface area contributed by atoms with Crippen LogP contribution >= 0.6 is 22.7 Å². The van der Waals surface area contributed by atoms with Crippen LogP contribution in [0.4, 0.5) is 0 Å². The van der Waals surface area contributed by atoms with Crippen molar-refractivity contribution < 1.29 is 0 Å². The molecule has 0 aliphatic heterocycles. The fourth-order valence-electron chi connectivity index (χ4n) is 15.5. The number of nitrogens with zero attached hydrogens (tertiary/aromatic N) is 7. The number of aromatic nitrogens is 13. The summed E-state index contributed by atoms with van der Waals surface area (Å²) < 4.78 is 1.32. The molecule has 0 spiro atoms. The van der Waals surface area contributed by atoms with Crippen molar-refractivity contribution in [2.75, 3.05) is 0 Å². The summed E-state index contributed by atoms with van der Waals surface area (Å²) in [6.07, 6.45) is 7.58. The summed E-state index contributed by atoms with van der Waals surface area (Å²) in [5, 5.41) is 6.22. The van der Waals surface area contributed by atoms with E-state index in [4.69, 9.17) is 24.9 Å². The zero-order valence-electron chi connectivity index (χ0n) is 72.9. The van der Waals surface area contributed by atoms with E-state index < -0.39 is 0 Å². The maximum absolute atomic E-state index is 4.88. The number of benzene rings is 6. The van der Waals surface area contributed by atoms with Gasteiger partial charge >= 0.3 is 0 Å². The Hall–Kier alpha value is -9.31. The summed E-state index contributed by atoms with van der Waals surface area (Å²) >= 11 is 3.81. The fourth-order valence-corrected chi connectivity index (χ4v) is 17.8. The smallest absolute Gasteiger partial charge is 0.132 e. The Labute approximate surface area is 685 Å². The van der Waals surface area contributed by atoms with Crippen LogP contribution in [0, 0.1) is 0 Å². The lowest BCUT2D eigenvalue weighted by molar-refractivity contribution is 0.509. The van der Waals surface area contributed by atoms with Crippen molar-refractivity contribution in [1.29, 1.82) is 0 Å². The van der Waals surface area contributed by atoms with Crippen molar-refractivity contribution >= 4 is 87.4 Å². The molecule has 598 valence electrons. The van der Waals surface area contributed by atoms with E-state index in [1.54, 1.807) is 0 Å². The van der Waals surface area contributed by atoms with Crippen molar-refractivity contribution in [2.24, 2.45) is 0 Å². The highest BCUT2D eigenvalue weighted by Crippen LogP contribution is 2.46. The average Bonchev–Trinajstić information content (AvgIpc) is 1.45. The van der Waals surface area contributed by atoms with Gasteiger partial charge in [0, 0.05) is 96.1 Å². The summed E-state index contributed by atoms with van der Waals surface area (Å²) in [7, 11) is 0. The van der Waals surface area contributed by atoms with E-state index in [1.165, 1.54) is 125 Å². The predicted octanol–water partition coefficient (Wildman–Crippen LogP) is 28.4. The number of imidazole rings is 6. The summed E-state index contributed by atoms with van der Waals surface area (Å²) in [5.41, 5.74) is 26.7. The van der Waals surface area contributed by atoms with Crippen molar-refractivity contribution in [3.05, 3.63) is 216 Å². The van der Waals surface area contributed by atoms with Gasteiger partial charge in [0.15, 0.2) is 0 Å². The van der Waals surface area contributed by atoms with E-state index >= 15 is 0 Å². The summed E-state index contributed by atoms with van der Waals surface area (Å²) in [5.74, 6) is 12.5. The lowest BCUT2D eigenvalue weighted by Gasteiger charge is -2.32. The van der Waals surface area contributed by atoms with Gasteiger partial charge in [-0.2, -0.15) is 0 Å². The first-order chi connectivity index (χ1) is 54.1. The molecule has 15 heteroatoms. The van der Waals surface area contributed by atoms with Gasteiger partial charge in [-0.25, -0.2) is 34.9 Å². The number of nitrogens with one attached hydrogen (secondary N) is 6. The number of pyridine rings is 1. The largest absolute Gasteiger partial charge is 0.364 e. The van der Waals surface area contributed by atoms with Gasteiger partial charge in [0.1, 0.15) is 51.7 Å². The molecule has 9 aromatic heterocycles. The SMILES string of the molecule is CC(C)c1ccc2c(c1)C(C)(C)Cc1[nH]c(C(C)C)nc1-2.CC(C)c1ccc2c(c1)CCc1[nH]c(C(C)C)nc1-2.CC(C)c1ccc2c(ccc3[nH]c(C(C)C)nc32)c1.CC(C)c1nc2c([nH]1)CCc1cc(C(C)C)sc1-2.CC(C)c1nc2c(ccc3cc(C(C)C)sc32)[nH]1.CC(C)c1nc2ccc3cc(C(C)C)[nH]cc3c2n1. The molecular formula is C99H125N13S2. The molecule has 0 saturated heterocycles. The Morgan fingerprint density at radius 2 is 0.833 bits per heavy atom. The molecule has 0 atom stereocenters. The third kappa shape index (κ3) is 17.4. The lowest BCUT2D eigenvalue weighted by atomic mass is 9.72. The van der Waals surface area contributed by atoms with Gasteiger partial charge in [0.25, 0.3) is 0 Å². The average molecular weight is 1560 g/mol. The molecule has 18 rings (SSSR count). The molecule has 0 bridgehead atoms. The first kappa shape index (κ1) is 82.7. The van der Waals surface area contributed by atoms with Gasteiger partial charge in [-0.1, -0.05) is 253 Å². The van der Waals surface area contributed by atoms with Crippen LogP contribution in [0.15, 0.2) is 115 Å². The number of H-pyrrole nitrogens is 6. The van der Waals surface area contributed by atoms with Crippen molar-refractivity contribution in [3.8, 4) is 33.1 Å². The van der Waals surface area contributed by atoms with Crippen LogP contribution in [0.3, 0.4) is 0 Å². The number of hydrogen-bond donors (Lipinski definition) is 6. The standard InChI is InChI=1S/C19H26N2.C17H22N2.C17H20N2.C16H19N3.C15H20N2S.C15H18N2S/c1-11(2)13-7-8-14-15(9-13)19(5,6)10-16-17(14)21-18(20-16)12(3)4;2*1-10(2)12-5-7-14-13(9-12)6-8-15-16(14)19-17(18-15)11(3)4;1-9(2)14-7-11-5-6-13-15(12(11)8-17-14)19-16(18-13)10(3)4;2*1-8(2)12-7-10-5-6-11-13(14(10)18-12)17-15(16-11)9(3)4/h7-9,11-12H,10H2,1-6H3,(H,20,21);5,7,9-11H,6,8H2,1-4H3,(H,18,19);5-11H,1-4H3,(H,18,19);5-10,17H,1-4H3;7-9H,5-6H2,1-4H3,(H,16,17);5-9H,1-4H3,(H,16,17). The third-order valence-corrected chi connectivity index (χ3v) is 25.8. The minimum Gasteiger partial charge on any atom is -0.364 e. The highest BCUT2D eigenvalue weighted by atomic mass is 32.1. The summed E-state index contributed by atoms with van der Waals surface area (Å²) in [4.78, 5) is 58.4. The van der Waals surface area contributed by atoms with E-state index in [9.17, 15) is 0 Å². The van der Waals surface area contributed by atoms with Crippen molar-refractivity contribution in [3.63, 3.8) is 0 Å². The number of hydrogen-bond acceptors (Lipinski definition) is 9. The van der Waals surface area contributed by atoms with Gasteiger partial charge in [-0.3, -0.25) is 0 Å². The highest BCUT2D eigenvalue weighted by molar-refractivity contribution is 7.20. The molecule has 0 unspecified atom stereocenters. The van der Waals surface area contributed by atoms with E-state index in [-0.39, 0.29) is 5.41 Å². The Morgan fingerprint density at radius 3 is 1.42 bits per heavy atom. The van der Waals surface area contributed by atoms with Gasteiger partial charge < -0.3 is 29.9 Å². The Bertz CT molecular complexity index is 5650. The van der Waals surface area contributed by atoms with E-state index in [0.717, 1.165) is 106 Å². The number of fused-ring (bicyclic) bond motifs is 18. The van der Waals surface area contributed by atoms with Crippen LogP contribution < -0.4 is 0 Å². The van der Waals surface area contributed by atoms with Crippen LogP contribution in [-0.2, 0) is 37.5 Å². The minimum absolute atomic E-state index is 0.161. The monoisotopic (exact) mass is 1560 g/mol. The molecule has 114 heavy (non-hydrogen) atoms. The fraction of sp³-hybridized carbons (Fsp3) is 0.444. The van der Waals surface area contributed by atoms with Gasteiger partial charge in [0.05, 0.1) is 43.0 Å². The first-order valence-corrected chi connectivity index (χ1v) is 44.0. The van der Waals surface area contributed by atoms with Crippen molar-refractivity contribution in [1.82, 2.24) is 64.8 Å². The predicted molar refractivity (Wildman–Crippen MR) is 487 cm³/mol. The van der Waals surface area contributed by atoms with Gasteiger partial charge in [-0.05, 0) is 159 Å². The van der Waals surface area contributed by atoms with Gasteiger partial charge in [0.2, 0.25) is 0 Å². The molecule has 6 N–H and O–H groups in total. The van der Waals surface area contributed by atoms with E-state index in [1.807, 2.05) is 22.7 Å². The summed E-state index contributed by atoms with van der Waals surface area (Å²) in [6.45, 7) is 57.6. The molecule has 0 fully saturated rings. The van der Waals surface area contributed by atoms with E-state index in [0.29, 0.717) is 71.0 Å². The second-order valence-corrected chi connectivity index (χ2v) is 38.8. The Balaban J connectivity index is 0.000000119. The van der Waals surface area contributed by atoms with Crippen LogP contribution in [0.1, 0.15) is 352 Å². The van der Waals surface area contributed by atoms with E-state index in [2.05, 4.69) is 335 Å². The number of aryl methyl sites for hydroxylation is 4. The van der Waals surface area contributed by atoms with Gasteiger partial charge in [-0.15, -0.1) is 22.7 Å². The number of thiophene rings is 2. The Morgan fingerprint density at radius 1 is 0.342 bits per heavy atom. The molecule has 15 aromatic rings. The second-order valence-electron chi connectivity index (χ2n) is 36.6. The normalized spacial score (nSPS) is 13.5. The molecule has 0 amide bonds. The van der Waals surface area contributed by atoms with Crippen LogP contribution in [0.2, 0.25) is 0 Å². The van der Waals surface area contributed by atoms with Crippen LogP contribution in [0.5, 0.6) is 0 Å². The zero-order chi connectivity index (χ0) is 81.8.